The molecule has 0 radical (unpaired) electrons. The topological polar surface area (TPSA) is 70.3 Å². The average Bonchev–Trinajstić information content (AvgIpc) is 2.70. The van der Waals surface area contributed by atoms with Gasteiger partial charge in [0, 0.05) is 55.9 Å². The minimum absolute atomic E-state index is 0.232. The van der Waals surface area contributed by atoms with E-state index in [0.717, 1.165) is 62.2 Å². The molecule has 3 heterocycles. The maximum absolute atomic E-state index is 6.09. The van der Waals surface area contributed by atoms with Gasteiger partial charge in [0.25, 0.3) is 0 Å². The third kappa shape index (κ3) is 3.49. The second-order valence-corrected chi connectivity index (χ2v) is 7.32. The third-order valence-electron chi connectivity index (χ3n) is 5.35. The summed E-state index contributed by atoms with van der Waals surface area (Å²) in [6.45, 7) is 5.44. The van der Waals surface area contributed by atoms with Crippen LogP contribution < -0.4 is 16.0 Å². The SMILES string of the molecule is NCC(c1ccc(Cl)cc1)N1CCN(c2ncnc3c2CCCN3)CC1. The number of fused-ring (bicyclic) bond motifs is 1. The molecule has 0 bridgehead atoms. The van der Waals surface area contributed by atoms with Crippen molar-refractivity contribution in [2.75, 3.05) is 49.5 Å². The van der Waals surface area contributed by atoms with E-state index in [1.54, 1.807) is 6.33 Å². The van der Waals surface area contributed by atoms with Gasteiger partial charge in [-0.2, -0.15) is 0 Å². The van der Waals surface area contributed by atoms with Crippen molar-refractivity contribution in [3.8, 4) is 0 Å². The molecular weight excluding hydrogens is 348 g/mol. The Kier molecular flexibility index (Phi) is 5.24. The number of hydrogen-bond donors (Lipinski definition) is 2. The molecule has 3 N–H and O–H groups in total. The summed E-state index contributed by atoms with van der Waals surface area (Å²) in [5.41, 5.74) is 8.59. The van der Waals surface area contributed by atoms with Crippen molar-refractivity contribution < 1.29 is 0 Å². The molecule has 0 aliphatic carbocycles. The first-order valence-corrected chi connectivity index (χ1v) is 9.66. The first-order valence-electron chi connectivity index (χ1n) is 9.28. The third-order valence-corrected chi connectivity index (χ3v) is 5.60. The second kappa shape index (κ2) is 7.78. The van der Waals surface area contributed by atoms with Crippen LogP contribution in [0.25, 0.3) is 0 Å². The van der Waals surface area contributed by atoms with Crippen molar-refractivity contribution in [2.24, 2.45) is 5.73 Å². The molecule has 0 amide bonds. The number of hydrogen-bond acceptors (Lipinski definition) is 6. The minimum Gasteiger partial charge on any atom is -0.370 e. The molecule has 0 spiro atoms. The number of aromatic nitrogens is 2. The summed E-state index contributed by atoms with van der Waals surface area (Å²) >= 11 is 6.02. The molecule has 1 aromatic carbocycles. The van der Waals surface area contributed by atoms with Gasteiger partial charge in [-0.1, -0.05) is 23.7 Å². The van der Waals surface area contributed by atoms with Crippen LogP contribution in [0.3, 0.4) is 0 Å². The quantitative estimate of drug-likeness (QED) is 0.858. The molecule has 26 heavy (non-hydrogen) atoms. The summed E-state index contributed by atoms with van der Waals surface area (Å²) in [5.74, 6) is 2.10. The lowest BCUT2D eigenvalue weighted by Crippen LogP contribution is -2.49. The van der Waals surface area contributed by atoms with Crippen LogP contribution in [0.5, 0.6) is 0 Å². The molecule has 6 nitrogen and oxygen atoms in total. The summed E-state index contributed by atoms with van der Waals surface area (Å²) in [4.78, 5) is 13.8. The van der Waals surface area contributed by atoms with Crippen molar-refractivity contribution >= 4 is 23.2 Å². The van der Waals surface area contributed by atoms with E-state index >= 15 is 0 Å². The fourth-order valence-electron chi connectivity index (χ4n) is 3.96. The molecule has 1 saturated heterocycles. The highest BCUT2D eigenvalue weighted by atomic mass is 35.5. The molecule has 2 aromatic rings. The van der Waals surface area contributed by atoms with Crippen LogP contribution in [-0.2, 0) is 6.42 Å². The summed E-state index contributed by atoms with van der Waals surface area (Å²) in [5, 5.41) is 4.15. The van der Waals surface area contributed by atoms with Crippen LogP contribution in [0.2, 0.25) is 5.02 Å². The molecule has 0 saturated carbocycles. The van der Waals surface area contributed by atoms with Crippen molar-refractivity contribution in [1.82, 2.24) is 14.9 Å². The summed E-state index contributed by atoms with van der Waals surface area (Å²) in [6.07, 6.45) is 3.86. The van der Waals surface area contributed by atoms with Gasteiger partial charge in [0.15, 0.2) is 0 Å². The maximum atomic E-state index is 6.09. The number of halogens is 1. The van der Waals surface area contributed by atoms with Gasteiger partial charge in [0.2, 0.25) is 0 Å². The lowest BCUT2D eigenvalue weighted by atomic mass is 10.0. The van der Waals surface area contributed by atoms with Crippen molar-refractivity contribution in [3.05, 3.63) is 46.7 Å². The molecule has 138 valence electrons. The van der Waals surface area contributed by atoms with E-state index in [9.17, 15) is 0 Å². The first-order chi connectivity index (χ1) is 12.8. The molecule has 1 aromatic heterocycles. The Morgan fingerprint density at radius 1 is 1.12 bits per heavy atom. The van der Waals surface area contributed by atoms with Crippen LogP contribution in [0.4, 0.5) is 11.6 Å². The normalized spacial score (nSPS) is 18.9. The van der Waals surface area contributed by atoms with Crippen molar-refractivity contribution in [3.63, 3.8) is 0 Å². The number of rotatable bonds is 4. The van der Waals surface area contributed by atoms with Crippen LogP contribution in [0.1, 0.15) is 23.6 Å². The van der Waals surface area contributed by atoms with Crippen LogP contribution in [-0.4, -0.2) is 54.1 Å². The van der Waals surface area contributed by atoms with Crippen molar-refractivity contribution in [1.29, 1.82) is 0 Å². The lowest BCUT2D eigenvalue weighted by Gasteiger charge is -2.40. The number of nitrogens with zero attached hydrogens (tertiary/aromatic N) is 4. The highest BCUT2D eigenvalue weighted by Gasteiger charge is 2.27. The number of piperazine rings is 1. The predicted molar refractivity (Wildman–Crippen MR) is 106 cm³/mol. The Labute approximate surface area is 159 Å². The van der Waals surface area contributed by atoms with E-state index in [2.05, 4.69) is 37.2 Å². The van der Waals surface area contributed by atoms with Gasteiger partial charge in [0.05, 0.1) is 0 Å². The van der Waals surface area contributed by atoms with E-state index in [4.69, 9.17) is 17.3 Å². The van der Waals surface area contributed by atoms with Crippen molar-refractivity contribution in [2.45, 2.75) is 18.9 Å². The van der Waals surface area contributed by atoms with E-state index in [0.29, 0.717) is 6.54 Å². The maximum Gasteiger partial charge on any atom is 0.137 e. The highest BCUT2D eigenvalue weighted by Crippen LogP contribution is 2.29. The number of nitrogens with one attached hydrogen (secondary N) is 1. The Hall–Kier alpha value is -1.89. The lowest BCUT2D eigenvalue weighted by molar-refractivity contribution is 0.190. The summed E-state index contributed by atoms with van der Waals surface area (Å²) < 4.78 is 0. The summed E-state index contributed by atoms with van der Waals surface area (Å²) in [6, 6.07) is 8.28. The average molecular weight is 373 g/mol. The van der Waals surface area contributed by atoms with Crippen LogP contribution >= 0.6 is 11.6 Å². The molecule has 1 atom stereocenters. The number of anilines is 2. The number of nitrogens with two attached hydrogens (primary N) is 1. The van der Waals surface area contributed by atoms with E-state index < -0.39 is 0 Å². The Morgan fingerprint density at radius 3 is 2.62 bits per heavy atom. The molecule has 1 fully saturated rings. The first kappa shape index (κ1) is 17.5. The fraction of sp³-hybridized carbons (Fsp3) is 0.474. The molecule has 1 unspecified atom stereocenters. The van der Waals surface area contributed by atoms with Crippen LogP contribution in [0.15, 0.2) is 30.6 Å². The number of benzene rings is 1. The van der Waals surface area contributed by atoms with Gasteiger partial charge < -0.3 is 16.0 Å². The standard InChI is InChI=1S/C19H25ClN6/c20-15-5-3-14(4-6-15)17(12-21)25-8-10-26(11-9-25)19-16-2-1-7-22-18(16)23-13-24-19/h3-6,13,17H,1-2,7-12,21H2,(H,22,23,24). The molecule has 7 heteroatoms. The van der Waals surface area contributed by atoms with E-state index in [-0.39, 0.29) is 6.04 Å². The monoisotopic (exact) mass is 372 g/mol. The Balaban J connectivity index is 1.46. The molecular formula is C19H25ClN6. The zero-order chi connectivity index (χ0) is 17.9. The van der Waals surface area contributed by atoms with Crippen LogP contribution in [0, 0.1) is 0 Å². The van der Waals surface area contributed by atoms with Gasteiger partial charge >= 0.3 is 0 Å². The second-order valence-electron chi connectivity index (χ2n) is 6.88. The molecule has 4 rings (SSSR count). The molecule has 2 aliphatic heterocycles. The zero-order valence-electron chi connectivity index (χ0n) is 14.9. The molecule has 2 aliphatic rings. The smallest absolute Gasteiger partial charge is 0.137 e. The van der Waals surface area contributed by atoms with Gasteiger partial charge in [-0.05, 0) is 30.5 Å². The van der Waals surface area contributed by atoms with Gasteiger partial charge in [-0.25, -0.2) is 9.97 Å². The predicted octanol–water partition coefficient (Wildman–Crippen LogP) is 2.31. The van der Waals surface area contributed by atoms with Gasteiger partial charge in [-0.15, -0.1) is 0 Å². The van der Waals surface area contributed by atoms with E-state index in [1.807, 2.05) is 12.1 Å². The highest BCUT2D eigenvalue weighted by molar-refractivity contribution is 6.30. The van der Waals surface area contributed by atoms with E-state index in [1.165, 1.54) is 11.1 Å². The largest absolute Gasteiger partial charge is 0.370 e. The van der Waals surface area contributed by atoms with Gasteiger partial charge in [-0.3, -0.25) is 4.90 Å². The Bertz CT molecular complexity index is 742. The minimum atomic E-state index is 0.232. The fourth-order valence-corrected chi connectivity index (χ4v) is 4.08. The summed E-state index contributed by atoms with van der Waals surface area (Å²) in [7, 11) is 0. The van der Waals surface area contributed by atoms with Gasteiger partial charge in [0.1, 0.15) is 18.0 Å². The Morgan fingerprint density at radius 2 is 1.88 bits per heavy atom. The zero-order valence-corrected chi connectivity index (χ0v) is 15.6.